The SMILES string of the molecule is CCCCCCCCCCCC(=O)N(C)CC(C)C#N. The first-order valence-electron chi connectivity index (χ1n) is 8.25. The van der Waals surface area contributed by atoms with Crippen molar-refractivity contribution in [2.75, 3.05) is 13.6 Å². The highest BCUT2D eigenvalue weighted by atomic mass is 16.2. The van der Waals surface area contributed by atoms with Gasteiger partial charge in [-0.3, -0.25) is 4.79 Å². The van der Waals surface area contributed by atoms with Gasteiger partial charge in [-0.25, -0.2) is 0 Å². The Morgan fingerprint density at radius 2 is 1.55 bits per heavy atom. The minimum Gasteiger partial charge on any atom is -0.344 e. The van der Waals surface area contributed by atoms with E-state index in [1.807, 2.05) is 6.92 Å². The molecule has 0 aliphatic carbocycles. The van der Waals surface area contributed by atoms with E-state index in [2.05, 4.69) is 13.0 Å². The van der Waals surface area contributed by atoms with Crippen molar-refractivity contribution in [3.63, 3.8) is 0 Å². The molecule has 0 aromatic heterocycles. The summed E-state index contributed by atoms with van der Waals surface area (Å²) in [6.45, 7) is 4.64. The van der Waals surface area contributed by atoms with E-state index in [4.69, 9.17) is 5.26 Å². The number of hydrogen-bond donors (Lipinski definition) is 0. The molecule has 1 unspecified atom stereocenters. The van der Waals surface area contributed by atoms with E-state index in [1.54, 1.807) is 11.9 Å². The van der Waals surface area contributed by atoms with Crippen LogP contribution in [0.3, 0.4) is 0 Å². The standard InChI is InChI=1S/C17H32N2O/c1-4-5-6-7-8-9-10-11-12-13-17(20)19(3)15-16(2)14-18/h16H,4-13,15H2,1-3H3. The Morgan fingerprint density at radius 1 is 1.05 bits per heavy atom. The van der Waals surface area contributed by atoms with Crippen molar-refractivity contribution < 1.29 is 4.79 Å². The highest BCUT2D eigenvalue weighted by Crippen LogP contribution is 2.11. The molecular formula is C17H32N2O. The fourth-order valence-electron chi connectivity index (χ4n) is 2.33. The van der Waals surface area contributed by atoms with Crippen LogP contribution in [0.5, 0.6) is 0 Å². The highest BCUT2D eigenvalue weighted by molar-refractivity contribution is 5.75. The predicted molar refractivity (Wildman–Crippen MR) is 84.3 cm³/mol. The highest BCUT2D eigenvalue weighted by Gasteiger charge is 2.11. The van der Waals surface area contributed by atoms with E-state index in [0.717, 1.165) is 12.8 Å². The first-order chi connectivity index (χ1) is 9.61. The molecule has 1 atom stereocenters. The van der Waals surface area contributed by atoms with E-state index < -0.39 is 0 Å². The summed E-state index contributed by atoms with van der Waals surface area (Å²) in [6, 6.07) is 2.16. The van der Waals surface area contributed by atoms with E-state index in [-0.39, 0.29) is 11.8 Å². The Morgan fingerprint density at radius 3 is 2.05 bits per heavy atom. The molecule has 0 aliphatic rings. The molecule has 0 heterocycles. The summed E-state index contributed by atoms with van der Waals surface area (Å²) in [4.78, 5) is 13.5. The predicted octanol–water partition coefficient (Wildman–Crippen LogP) is 4.53. The van der Waals surface area contributed by atoms with Crippen LogP contribution < -0.4 is 0 Å². The maximum Gasteiger partial charge on any atom is 0.222 e. The number of hydrogen-bond acceptors (Lipinski definition) is 2. The Hall–Kier alpha value is -1.04. The normalized spacial score (nSPS) is 11.9. The number of amides is 1. The molecule has 3 nitrogen and oxygen atoms in total. The number of carbonyl (C=O) groups excluding carboxylic acids is 1. The first-order valence-corrected chi connectivity index (χ1v) is 8.25. The van der Waals surface area contributed by atoms with Crippen LogP contribution >= 0.6 is 0 Å². The van der Waals surface area contributed by atoms with Gasteiger partial charge in [0.1, 0.15) is 0 Å². The van der Waals surface area contributed by atoms with Crippen LogP contribution in [-0.2, 0) is 4.79 Å². The minimum atomic E-state index is -0.0768. The van der Waals surface area contributed by atoms with Gasteiger partial charge in [0.25, 0.3) is 0 Å². The van der Waals surface area contributed by atoms with Gasteiger partial charge in [-0.2, -0.15) is 5.26 Å². The van der Waals surface area contributed by atoms with Crippen LogP contribution in [0.4, 0.5) is 0 Å². The van der Waals surface area contributed by atoms with Crippen LogP contribution in [0.25, 0.3) is 0 Å². The Kier molecular flexibility index (Phi) is 12.3. The van der Waals surface area contributed by atoms with Gasteiger partial charge in [0.15, 0.2) is 0 Å². The third-order valence-corrected chi connectivity index (χ3v) is 3.69. The Balaban J connectivity index is 3.41. The summed E-state index contributed by atoms with van der Waals surface area (Å²) in [5.41, 5.74) is 0. The third kappa shape index (κ3) is 10.8. The number of carbonyl (C=O) groups is 1. The molecule has 0 aromatic rings. The molecule has 3 heteroatoms. The van der Waals surface area contributed by atoms with Crippen molar-refractivity contribution in [2.24, 2.45) is 5.92 Å². The summed E-state index contributed by atoms with van der Waals surface area (Å²) in [6.07, 6.45) is 12.1. The topological polar surface area (TPSA) is 44.1 Å². The van der Waals surface area contributed by atoms with Crippen LogP contribution in [0.1, 0.15) is 78.1 Å². The fourth-order valence-corrected chi connectivity index (χ4v) is 2.33. The number of rotatable bonds is 12. The number of unbranched alkanes of at least 4 members (excludes halogenated alkanes) is 8. The summed E-state index contributed by atoms with van der Waals surface area (Å²) in [5, 5.41) is 8.73. The molecule has 0 aromatic carbocycles. The smallest absolute Gasteiger partial charge is 0.222 e. The van der Waals surface area contributed by atoms with E-state index in [0.29, 0.717) is 13.0 Å². The molecule has 0 aliphatic heterocycles. The Bertz CT molecular complexity index is 283. The van der Waals surface area contributed by atoms with Crippen molar-refractivity contribution in [3.8, 4) is 6.07 Å². The van der Waals surface area contributed by atoms with Crippen molar-refractivity contribution in [3.05, 3.63) is 0 Å². The van der Waals surface area contributed by atoms with Gasteiger partial charge in [-0.15, -0.1) is 0 Å². The zero-order valence-electron chi connectivity index (χ0n) is 13.7. The van der Waals surface area contributed by atoms with E-state index in [9.17, 15) is 4.79 Å². The summed E-state index contributed by atoms with van der Waals surface area (Å²) < 4.78 is 0. The molecule has 116 valence electrons. The molecule has 0 rings (SSSR count). The molecule has 0 saturated carbocycles. The molecule has 20 heavy (non-hydrogen) atoms. The van der Waals surface area contributed by atoms with Gasteiger partial charge in [0, 0.05) is 20.0 Å². The average molecular weight is 280 g/mol. The largest absolute Gasteiger partial charge is 0.344 e. The lowest BCUT2D eigenvalue weighted by molar-refractivity contribution is -0.130. The van der Waals surface area contributed by atoms with Crippen LogP contribution in [0.2, 0.25) is 0 Å². The quantitative estimate of drug-likeness (QED) is 0.493. The lowest BCUT2D eigenvalue weighted by Gasteiger charge is -2.18. The molecule has 0 fully saturated rings. The van der Waals surface area contributed by atoms with Crippen LogP contribution in [-0.4, -0.2) is 24.4 Å². The molecule has 0 N–H and O–H groups in total. The maximum atomic E-state index is 11.8. The monoisotopic (exact) mass is 280 g/mol. The second-order valence-electron chi connectivity index (χ2n) is 5.88. The van der Waals surface area contributed by atoms with Crippen molar-refractivity contribution in [1.82, 2.24) is 4.90 Å². The van der Waals surface area contributed by atoms with Gasteiger partial charge in [-0.1, -0.05) is 58.3 Å². The molecular weight excluding hydrogens is 248 g/mol. The van der Waals surface area contributed by atoms with Gasteiger partial charge in [-0.05, 0) is 13.3 Å². The average Bonchev–Trinajstić information content (AvgIpc) is 2.45. The minimum absolute atomic E-state index is 0.0768. The second-order valence-corrected chi connectivity index (χ2v) is 5.88. The lowest BCUT2D eigenvalue weighted by atomic mass is 10.1. The van der Waals surface area contributed by atoms with Crippen molar-refractivity contribution in [2.45, 2.75) is 78.1 Å². The van der Waals surface area contributed by atoms with Crippen LogP contribution in [0, 0.1) is 17.2 Å². The van der Waals surface area contributed by atoms with Gasteiger partial charge in [0.2, 0.25) is 5.91 Å². The van der Waals surface area contributed by atoms with Crippen LogP contribution in [0.15, 0.2) is 0 Å². The van der Waals surface area contributed by atoms with E-state index in [1.165, 1.54) is 44.9 Å². The Labute approximate surface area is 125 Å². The van der Waals surface area contributed by atoms with Gasteiger partial charge < -0.3 is 4.90 Å². The first kappa shape index (κ1) is 19.0. The maximum absolute atomic E-state index is 11.8. The summed E-state index contributed by atoms with van der Waals surface area (Å²) >= 11 is 0. The summed E-state index contributed by atoms with van der Waals surface area (Å²) in [5.74, 6) is 0.0992. The van der Waals surface area contributed by atoms with E-state index >= 15 is 0 Å². The van der Waals surface area contributed by atoms with Gasteiger partial charge in [0.05, 0.1) is 12.0 Å². The van der Waals surface area contributed by atoms with Crippen molar-refractivity contribution >= 4 is 5.91 Å². The van der Waals surface area contributed by atoms with Gasteiger partial charge >= 0.3 is 0 Å². The fraction of sp³-hybridized carbons (Fsp3) is 0.882. The number of nitrogens with zero attached hydrogens (tertiary/aromatic N) is 2. The number of nitriles is 1. The molecule has 0 radical (unpaired) electrons. The molecule has 0 saturated heterocycles. The zero-order chi connectivity index (χ0) is 15.2. The second kappa shape index (κ2) is 13.0. The molecule has 0 bridgehead atoms. The molecule has 1 amide bonds. The third-order valence-electron chi connectivity index (χ3n) is 3.69. The van der Waals surface area contributed by atoms with Crippen molar-refractivity contribution in [1.29, 1.82) is 5.26 Å². The lowest BCUT2D eigenvalue weighted by Crippen LogP contribution is -2.30. The molecule has 0 spiro atoms. The summed E-state index contributed by atoms with van der Waals surface area (Å²) in [7, 11) is 1.80. The zero-order valence-corrected chi connectivity index (χ0v) is 13.7.